The molecule has 0 radical (unpaired) electrons. The Balaban J connectivity index is 0. The van der Waals surface area contributed by atoms with Crippen LogP contribution in [0.15, 0.2) is 0 Å². The fourth-order valence-electron chi connectivity index (χ4n) is 1.31. The molecule has 0 aromatic rings. The van der Waals surface area contributed by atoms with E-state index in [1.165, 1.54) is 26.1 Å². The number of nitrogens with zero attached hydrogens (tertiary/aromatic N) is 1. The molecule has 0 amide bonds. The van der Waals surface area contributed by atoms with Crippen LogP contribution in [0.3, 0.4) is 0 Å². The van der Waals surface area contributed by atoms with E-state index in [4.69, 9.17) is 0 Å². The van der Waals surface area contributed by atoms with Gasteiger partial charge in [0, 0.05) is 6.54 Å². The molecule has 1 unspecified atom stereocenters. The zero-order valence-corrected chi connectivity index (χ0v) is 9.85. The van der Waals surface area contributed by atoms with Gasteiger partial charge >= 0.3 is 0 Å². The van der Waals surface area contributed by atoms with Crippen LogP contribution in [-0.2, 0) is 0 Å². The van der Waals surface area contributed by atoms with E-state index in [9.17, 15) is 0 Å². The van der Waals surface area contributed by atoms with Gasteiger partial charge in [0.15, 0.2) is 0 Å². The highest BCUT2D eigenvalue weighted by atomic mass is 15.1. The Bertz CT molecular complexity index is 71.4. The van der Waals surface area contributed by atoms with Gasteiger partial charge < -0.3 is 4.90 Å². The first-order chi connectivity index (χ1) is 5.83. The summed E-state index contributed by atoms with van der Waals surface area (Å²) >= 11 is 0. The SMILES string of the molecule is CC.CC.CCN1CCC(C)C1. The molecule has 1 nitrogen and oxygen atoms in total. The van der Waals surface area contributed by atoms with E-state index in [0.29, 0.717) is 0 Å². The lowest BCUT2D eigenvalue weighted by Gasteiger charge is -2.09. The van der Waals surface area contributed by atoms with Crippen molar-refractivity contribution in [2.75, 3.05) is 19.6 Å². The predicted octanol–water partition coefficient (Wildman–Crippen LogP) is 3.40. The lowest BCUT2D eigenvalue weighted by Crippen LogP contribution is -2.18. The minimum absolute atomic E-state index is 0.954. The molecule has 1 heterocycles. The van der Waals surface area contributed by atoms with Gasteiger partial charge in [-0.2, -0.15) is 0 Å². The number of hydrogen-bond acceptors (Lipinski definition) is 1. The summed E-state index contributed by atoms with van der Waals surface area (Å²) in [7, 11) is 0. The highest BCUT2D eigenvalue weighted by Gasteiger charge is 2.15. The molecule has 12 heavy (non-hydrogen) atoms. The molecule has 0 saturated carbocycles. The van der Waals surface area contributed by atoms with Crippen LogP contribution >= 0.6 is 0 Å². The van der Waals surface area contributed by atoms with E-state index in [0.717, 1.165) is 5.92 Å². The van der Waals surface area contributed by atoms with Crippen molar-refractivity contribution in [2.45, 2.75) is 48.0 Å². The second-order valence-corrected chi connectivity index (χ2v) is 2.79. The van der Waals surface area contributed by atoms with Gasteiger partial charge in [0.05, 0.1) is 0 Å². The van der Waals surface area contributed by atoms with Crippen LogP contribution in [0.25, 0.3) is 0 Å². The fourth-order valence-corrected chi connectivity index (χ4v) is 1.31. The van der Waals surface area contributed by atoms with Gasteiger partial charge in [-0.3, -0.25) is 0 Å². The molecular weight excluding hydrogens is 146 g/mol. The van der Waals surface area contributed by atoms with Crippen molar-refractivity contribution in [3.63, 3.8) is 0 Å². The molecule has 1 heteroatoms. The average molecular weight is 173 g/mol. The van der Waals surface area contributed by atoms with E-state index in [2.05, 4.69) is 18.7 Å². The molecule has 1 atom stereocenters. The summed E-state index contributed by atoms with van der Waals surface area (Å²) in [6.45, 7) is 16.5. The van der Waals surface area contributed by atoms with Gasteiger partial charge in [-0.25, -0.2) is 0 Å². The molecule has 0 spiro atoms. The maximum atomic E-state index is 2.50. The van der Waals surface area contributed by atoms with E-state index < -0.39 is 0 Å². The summed E-state index contributed by atoms with van der Waals surface area (Å²) in [6.07, 6.45) is 1.41. The smallest absolute Gasteiger partial charge is 0.000738 e. The third-order valence-corrected chi connectivity index (χ3v) is 1.96. The van der Waals surface area contributed by atoms with Crippen molar-refractivity contribution in [3.05, 3.63) is 0 Å². The minimum Gasteiger partial charge on any atom is -0.303 e. The van der Waals surface area contributed by atoms with Crippen molar-refractivity contribution in [1.29, 1.82) is 0 Å². The summed E-state index contributed by atoms with van der Waals surface area (Å²) in [5, 5.41) is 0. The zero-order chi connectivity index (χ0) is 9.98. The Kier molecular flexibility index (Phi) is 13.2. The maximum absolute atomic E-state index is 2.50. The van der Waals surface area contributed by atoms with Crippen LogP contribution in [0.4, 0.5) is 0 Å². The van der Waals surface area contributed by atoms with Crippen LogP contribution in [-0.4, -0.2) is 24.5 Å². The number of likely N-dealkylation sites (tertiary alicyclic amines) is 1. The summed E-state index contributed by atoms with van der Waals surface area (Å²) in [5.74, 6) is 0.954. The van der Waals surface area contributed by atoms with Gasteiger partial charge in [-0.15, -0.1) is 0 Å². The van der Waals surface area contributed by atoms with Crippen molar-refractivity contribution >= 4 is 0 Å². The third kappa shape index (κ3) is 6.66. The molecule has 1 saturated heterocycles. The van der Waals surface area contributed by atoms with Gasteiger partial charge in [0.2, 0.25) is 0 Å². The van der Waals surface area contributed by atoms with Gasteiger partial charge in [0.1, 0.15) is 0 Å². The maximum Gasteiger partial charge on any atom is 0.000738 e. The van der Waals surface area contributed by atoms with Crippen molar-refractivity contribution in [3.8, 4) is 0 Å². The van der Waals surface area contributed by atoms with Crippen LogP contribution in [0.1, 0.15) is 48.0 Å². The second-order valence-electron chi connectivity index (χ2n) is 2.79. The van der Waals surface area contributed by atoms with E-state index in [1.54, 1.807) is 0 Å². The topological polar surface area (TPSA) is 3.24 Å². The molecule has 0 bridgehead atoms. The lowest BCUT2D eigenvalue weighted by atomic mass is 10.2. The van der Waals surface area contributed by atoms with Crippen LogP contribution in [0.5, 0.6) is 0 Å². The first kappa shape index (κ1) is 14.5. The second kappa shape index (κ2) is 11.0. The third-order valence-electron chi connectivity index (χ3n) is 1.96. The first-order valence-electron chi connectivity index (χ1n) is 5.55. The Labute approximate surface area is 79.2 Å². The van der Waals surface area contributed by atoms with E-state index in [-0.39, 0.29) is 0 Å². The summed E-state index contributed by atoms with van der Waals surface area (Å²) < 4.78 is 0. The Morgan fingerprint density at radius 1 is 1.17 bits per heavy atom. The van der Waals surface area contributed by atoms with Crippen molar-refractivity contribution in [1.82, 2.24) is 4.90 Å². The highest BCUT2D eigenvalue weighted by molar-refractivity contribution is 4.70. The molecule has 1 aliphatic heterocycles. The molecule has 1 aliphatic rings. The molecule has 0 aliphatic carbocycles. The summed E-state index contributed by atoms with van der Waals surface area (Å²) in [4.78, 5) is 2.50. The number of rotatable bonds is 1. The summed E-state index contributed by atoms with van der Waals surface area (Å²) in [5.41, 5.74) is 0. The van der Waals surface area contributed by atoms with Gasteiger partial charge in [0.25, 0.3) is 0 Å². The predicted molar refractivity (Wildman–Crippen MR) is 58.6 cm³/mol. The van der Waals surface area contributed by atoms with Crippen LogP contribution in [0.2, 0.25) is 0 Å². The Hall–Kier alpha value is -0.0400. The van der Waals surface area contributed by atoms with E-state index >= 15 is 0 Å². The highest BCUT2D eigenvalue weighted by Crippen LogP contribution is 2.13. The lowest BCUT2D eigenvalue weighted by molar-refractivity contribution is 0.346. The quantitative estimate of drug-likeness (QED) is 0.587. The molecular formula is C11H27N. The fraction of sp³-hybridized carbons (Fsp3) is 1.00. The van der Waals surface area contributed by atoms with Crippen molar-refractivity contribution in [2.24, 2.45) is 5.92 Å². The summed E-state index contributed by atoms with van der Waals surface area (Å²) in [6, 6.07) is 0. The van der Waals surface area contributed by atoms with Gasteiger partial charge in [-0.05, 0) is 25.4 Å². The monoisotopic (exact) mass is 173 g/mol. The minimum atomic E-state index is 0.954. The largest absolute Gasteiger partial charge is 0.303 e. The van der Waals surface area contributed by atoms with Gasteiger partial charge in [-0.1, -0.05) is 41.5 Å². The number of hydrogen-bond donors (Lipinski definition) is 0. The van der Waals surface area contributed by atoms with Crippen LogP contribution in [0, 0.1) is 5.92 Å². The zero-order valence-electron chi connectivity index (χ0n) is 9.85. The van der Waals surface area contributed by atoms with Crippen LogP contribution < -0.4 is 0 Å². The van der Waals surface area contributed by atoms with Crippen molar-refractivity contribution < 1.29 is 0 Å². The average Bonchev–Trinajstić information content (AvgIpc) is 2.58. The standard InChI is InChI=1S/C7H15N.2C2H6/c1-3-8-5-4-7(2)6-8;2*1-2/h7H,3-6H2,1-2H3;2*1-2H3. The normalized spacial score (nSPS) is 22.0. The Morgan fingerprint density at radius 2 is 1.67 bits per heavy atom. The Morgan fingerprint density at radius 3 is 1.83 bits per heavy atom. The molecule has 1 rings (SSSR count). The molecule has 76 valence electrons. The van der Waals surface area contributed by atoms with E-state index in [1.807, 2.05) is 27.7 Å². The molecule has 0 aromatic heterocycles. The molecule has 1 fully saturated rings. The molecule has 0 aromatic carbocycles. The molecule has 0 N–H and O–H groups in total. The first-order valence-corrected chi connectivity index (χ1v) is 5.55.